The van der Waals surface area contributed by atoms with Crippen molar-refractivity contribution < 1.29 is 12.8 Å². The van der Waals surface area contributed by atoms with E-state index in [0.29, 0.717) is 34.7 Å². The smallest absolute Gasteiger partial charge is 0.244 e. The molecule has 1 aliphatic rings. The number of imidazole rings is 1. The van der Waals surface area contributed by atoms with Crippen LogP contribution >= 0.6 is 0 Å². The van der Waals surface area contributed by atoms with Crippen molar-refractivity contribution in [2.45, 2.75) is 44.6 Å². The van der Waals surface area contributed by atoms with Gasteiger partial charge in [0.2, 0.25) is 10.0 Å². The Morgan fingerprint density at radius 3 is 2.56 bits per heavy atom. The highest BCUT2D eigenvalue weighted by Crippen LogP contribution is 2.37. The summed E-state index contributed by atoms with van der Waals surface area (Å²) in [6.07, 6.45) is 1.45. The SMILES string of the molecule is Cc1cc(C)c(S(=O)(=O)N2CCCC2c2nc3ccc(F)cc3[nH]2)c(C)c1. The molecule has 0 saturated carbocycles. The number of nitrogens with one attached hydrogen (secondary N) is 1. The molecular formula is C20H22FN3O2S. The van der Waals surface area contributed by atoms with Gasteiger partial charge in [0.15, 0.2) is 0 Å². The molecule has 4 rings (SSSR count). The Labute approximate surface area is 158 Å². The van der Waals surface area contributed by atoms with Gasteiger partial charge in [0.1, 0.15) is 11.6 Å². The predicted molar refractivity (Wildman–Crippen MR) is 103 cm³/mol. The summed E-state index contributed by atoms with van der Waals surface area (Å²) >= 11 is 0. The first-order chi connectivity index (χ1) is 12.8. The van der Waals surface area contributed by atoms with Crippen LogP contribution in [0.4, 0.5) is 4.39 Å². The van der Waals surface area contributed by atoms with Gasteiger partial charge in [-0.1, -0.05) is 17.7 Å². The van der Waals surface area contributed by atoms with Gasteiger partial charge < -0.3 is 4.98 Å². The van der Waals surface area contributed by atoms with Gasteiger partial charge in [-0.2, -0.15) is 4.31 Å². The number of aryl methyl sites for hydroxylation is 3. The monoisotopic (exact) mass is 387 g/mol. The van der Waals surface area contributed by atoms with Crippen molar-refractivity contribution in [3.05, 3.63) is 58.7 Å². The molecule has 1 aromatic heterocycles. The Kier molecular flexibility index (Phi) is 4.31. The van der Waals surface area contributed by atoms with Gasteiger partial charge in [0.05, 0.1) is 22.0 Å². The fourth-order valence-electron chi connectivity index (χ4n) is 4.15. The van der Waals surface area contributed by atoms with Crippen LogP contribution in [-0.4, -0.2) is 29.2 Å². The number of sulfonamides is 1. The lowest BCUT2D eigenvalue weighted by Gasteiger charge is -2.24. The normalized spacial score (nSPS) is 18.4. The molecule has 0 aliphatic carbocycles. The molecule has 1 unspecified atom stereocenters. The topological polar surface area (TPSA) is 66.1 Å². The number of H-pyrrole nitrogens is 1. The minimum Gasteiger partial charge on any atom is -0.341 e. The minimum atomic E-state index is -3.66. The van der Waals surface area contributed by atoms with E-state index in [0.717, 1.165) is 23.1 Å². The van der Waals surface area contributed by atoms with Gasteiger partial charge in [-0.15, -0.1) is 0 Å². The van der Waals surface area contributed by atoms with Crippen molar-refractivity contribution >= 4 is 21.1 Å². The number of aromatic nitrogens is 2. The van der Waals surface area contributed by atoms with E-state index in [4.69, 9.17) is 0 Å². The van der Waals surface area contributed by atoms with Crippen LogP contribution in [-0.2, 0) is 10.0 Å². The molecule has 2 heterocycles. The Bertz CT molecular complexity index is 1110. The lowest BCUT2D eigenvalue weighted by atomic mass is 10.1. The molecule has 0 amide bonds. The number of benzene rings is 2. The van der Waals surface area contributed by atoms with E-state index in [9.17, 15) is 12.8 Å². The molecule has 1 N–H and O–H groups in total. The van der Waals surface area contributed by atoms with Crippen molar-refractivity contribution in [3.63, 3.8) is 0 Å². The van der Waals surface area contributed by atoms with Gasteiger partial charge in [0.25, 0.3) is 0 Å². The zero-order chi connectivity index (χ0) is 19.3. The van der Waals surface area contributed by atoms with Crippen molar-refractivity contribution in [1.29, 1.82) is 0 Å². The third kappa shape index (κ3) is 3.04. The molecule has 2 aromatic carbocycles. The third-order valence-corrected chi connectivity index (χ3v) is 7.37. The maximum Gasteiger partial charge on any atom is 0.244 e. The number of hydrogen-bond acceptors (Lipinski definition) is 3. The number of nitrogens with zero attached hydrogens (tertiary/aromatic N) is 2. The average Bonchev–Trinajstić information content (AvgIpc) is 3.19. The van der Waals surface area contributed by atoms with Crippen LogP contribution in [0, 0.1) is 26.6 Å². The van der Waals surface area contributed by atoms with Crippen LogP contribution in [0.15, 0.2) is 35.2 Å². The number of hydrogen-bond donors (Lipinski definition) is 1. The minimum absolute atomic E-state index is 0.348. The second kappa shape index (κ2) is 6.42. The number of aromatic amines is 1. The second-order valence-electron chi connectivity index (χ2n) is 7.29. The van der Waals surface area contributed by atoms with E-state index in [2.05, 4.69) is 9.97 Å². The van der Waals surface area contributed by atoms with Crippen molar-refractivity contribution in [2.24, 2.45) is 0 Å². The van der Waals surface area contributed by atoms with Crippen LogP contribution in [0.1, 0.15) is 41.4 Å². The lowest BCUT2D eigenvalue weighted by Crippen LogP contribution is -2.32. The summed E-state index contributed by atoms with van der Waals surface area (Å²) in [5.41, 5.74) is 3.77. The Morgan fingerprint density at radius 1 is 1.15 bits per heavy atom. The first-order valence-corrected chi connectivity index (χ1v) is 10.5. The predicted octanol–water partition coefficient (Wildman–Crippen LogP) is 4.15. The van der Waals surface area contributed by atoms with Crippen molar-refractivity contribution in [3.8, 4) is 0 Å². The zero-order valence-electron chi connectivity index (χ0n) is 15.6. The average molecular weight is 387 g/mol. The molecule has 3 aromatic rings. The number of fused-ring (bicyclic) bond motifs is 1. The first kappa shape index (κ1) is 18.1. The van der Waals surface area contributed by atoms with E-state index >= 15 is 0 Å². The molecule has 27 heavy (non-hydrogen) atoms. The fourth-order valence-corrected chi connectivity index (χ4v) is 6.23. The Hall–Kier alpha value is -2.25. The molecule has 0 spiro atoms. The molecule has 5 nitrogen and oxygen atoms in total. The third-order valence-electron chi connectivity index (χ3n) is 5.15. The van der Waals surface area contributed by atoms with E-state index in [1.807, 2.05) is 32.9 Å². The standard InChI is InChI=1S/C20H22FN3O2S/c1-12-9-13(2)19(14(3)10-12)27(25,26)24-8-4-5-18(24)20-22-16-7-6-15(21)11-17(16)23-20/h6-7,9-11,18H,4-5,8H2,1-3H3,(H,22,23). The van der Waals surface area contributed by atoms with Crippen LogP contribution in [0.3, 0.4) is 0 Å². The summed E-state index contributed by atoms with van der Waals surface area (Å²) in [4.78, 5) is 8.01. The summed E-state index contributed by atoms with van der Waals surface area (Å²) in [6, 6.07) is 7.77. The van der Waals surface area contributed by atoms with E-state index in [1.165, 1.54) is 16.4 Å². The van der Waals surface area contributed by atoms with Gasteiger partial charge in [-0.25, -0.2) is 17.8 Å². The summed E-state index contributed by atoms with van der Waals surface area (Å²) in [5, 5.41) is 0. The molecule has 142 valence electrons. The Balaban J connectivity index is 1.78. The molecule has 0 bridgehead atoms. The lowest BCUT2D eigenvalue weighted by molar-refractivity contribution is 0.385. The van der Waals surface area contributed by atoms with E-state index in [-0.39, 0.29) is 11.9 Å². The van der Waals surface area contributed by atoms with Gasteiger partial charge >= 0.3 is 0 Å². The maximum absolute atomic E-state index is 13.5. The van der Waals surface area contributed by atoms with Crippen LogP contribution < -0.4 is 0 Å². The zero-order valence-corrected chi connectivity index (χ0v) is 16.4. The highest BCUT2D eigenvalue weighted by molar-refractivity contribution is 7.89. The molecule has 1 atom stereocenters. The van der Waals surface area contributed by atoms with Gasteiger partial charge in [0, 0.05) is 6.54 Å². The summed E-state index contributed by atoms with van der Waals surface area (Å²) in [6.45, 7) is 6.08. The Morgan fingerprint density at radius 2 is 1.85 bits per heavy atom. The van der Waals surface area contributed by atoms with E-state index in [1.54, 1.807) is 6.07 Å². The molecule has 0 radical (unpaired) electrons. The van der Waals surface area contributed by atoms with Crippen LogP contribution in [0.25, 0.3) is 11.0 Å². The quantitative estimate of drug-likeness (QED) is 0.734. The largest absolute Gasteiger partial charge is 0.341 e. The number of rotatable bonds is 3. The van der Waals surface area contributed by atoms with Crippen LogP contribution in [0.5, 0.6) is 0 Å². The van der Waals surface area contributed by atoms with Crippen LogP contribution in [0.2, 0.25) is 0 Å². The highest BCUT2D eigenvalue weighted by Gasteiger charge is 2.39. The number of halogens is 1. The van der Waals surface area contributed by atoms with Crippen molar-refractivity contribution in [2.75, 3.05) is 6.54 Å². The molecule has 1 saturated heterocycles. The summed E-state index contributed by atoms with van der Waals surface area (Å²) < 4.78 is 41.9. The highest BCUT2D eigenvalue weighted by atomic mass is 32.2. The fraction of sp³-hybridized carbons (Fsp3) is 0.350. The second-order valence-corrected chi connectivity index (χ2v) is 9.11. The van der Waals surface area contributed by atoms with E-state index < -0.39 is 10.0 Å². The summed E-state index contributed by atoms with van der Waals surface area (Å²) in [7, 11) is -3.66. The molecule has 7 heteroatoms. The molecule has 1 fully saturated rings. The molecule has 1 aliphatic heterocycles. The summed E-state index contributed by atoms with van der Waals surface area (Å²) in [5.74, 6) is 0.221. The van der Waals surface area contributed by atoms with Crippen molar-refractivity contribution in [1.82, 2.24) is 14.3 Å². The molecular weight excluding hydrogens is 365 g/mol. The van der Waals surface area contributed by atoms with Gasteiger partial charge in [-0.3, -0.25) is 0 Å². The maximum atomic E-state index is 13.5. The van der Waals surface area contributed by atoms with Gasteiger partial charge in [-0.05, 0) is 62.9 Å². The first-order valence-electron chi connectivity index (χ1n) is 9.02.